The summed E-state index contributed by atoms with van der Waals surface area (Å²) in [4.78, 5) is 2.33. The quantitative estimate of drug-likeness (QED) is 0.544. The zero-order valence-electron chi connectivity index (χ0n) is 17.0. The molecule has 2 unspecified atom stereocenters. The first-order chi connectivity index (χ1) is 14.5. The van der Waals surface area contributed by atoms with E-state index in [4.69, 9.17) is 4.74 Å². The third-order valence-corrected chi connectivity index (χ3v) is 8.27. The van der Waals surface area contributed by atoms with Gasteiger partial charge in [-0.2, -0.15) is 0 Å². The third-order valence-electron chi connectivity index (χ3n) is 5.35. The Morgan fingerprint density at radius 2 is 2.00 bits per heavy atom. The number of hydrogen-bond acceptors (Lipinski definition) is 5. The normalized spacial score (nSPS) is 19.3. The predicted octanol–water partition coefficient (Wildman–Crippen LogP) is 4.58. The van der Waals surface area contributed by atoms with Crippen LogP contribution in [0.5, 0.6) is 5.75 Å². The molecule has 0 aliphatic carbocycles. The maximum absolute atomic E-state index is 12.5. The predicted molar refractivity (Wildman–Crippen MR) is 121 cm³/mol. The molecule has 1 saturated heterocycles. The summed E-state index contributed by atoms with van der Waals surface area (Å²) in [5.74, 6) is 0.848. The summed E-state index contributed by atoms with van der Waals surface area (Å²) in [5.41, 5.74) is 3.50. The fraction of sp³-hybridized carbons (Fsp3) is 0.304. The van der Waals surface area contributed by atoms with Gasteiger partial charge in [0.1, 0.15) is 5.75 Å². The molecule has 0 amide bonds. The van der Waals surface area contributed by atoms with Gasteiger partial charge in [0.25, 0.3) is 0 Å². The number of thiophene rings is 1. The molecule has 158 valence electrons. The van der Waals surface area contributed by atoms with Crippen molar-refractivity contribution in [3.05, 3.63) is 71.6 Å². The van der Waals surface area contributed by atoms with Gasteiger partial charge in [0.05, 0.1) is 13.2 Å². The molecule has 7 heteroatoms. The Balaban J connectivity index is 1.37. The van der Waals surface area contributed by atoms with Gasteiger partial charge in [0, 0.05) is 19.2 Å². The van der Waals surface area contributed by atoms with Crippen LogP contribution in [0.3, 0.4) is 0 Å². The van der Waals surface area contributed by atoms with Gasteiger partial charge in [-0.05, 0) is 59.7 Å². The number of hydrogen-bond donors (Lipinski definition) is 1. The highest BCUT2D eigenvalue weighted by Gasteiger charge is 2.29. The Kier molecular flexibility index (Phi) is 6.65. The number of nitrogens with one attached hydrogen (secondary N) is 1. The Bertz CT molecular complexity index is 1010. The average Bonchev–Trinajstić information content (AvgIpc) is 3.30. The van der Waals surface area contributed by atoms with Crippen LogP contribution in [-0.2, 0) is 21.2 Å². The molecule has 3 aromatic rings. The van der Waals surface area contributed by atoms with E-state index in [1.54, 1.807) is 24.6 Å². The SMILES string of the molecule is COc1cccc(-c2ccc(CN3CCCC(N[S+](=O)([O-])c4cccs4)C3)cc2)c1. The molecular formula is C23H26N2O3S2. The van der Waals surface area contributed by atoms with Crippen molar-refractivity contribution in [2.24, 2.45) is 0 Å². The summed E-state index contributed by atoms with van der Waals surface area (Å²) in [6.07, 6.45) is 1.86. The standard InChI is InChI=1S/C23H26N2O3S2/c1-28-22-7-2-5-20(15-22)19-11-9-18(10-12-19)16-25-13-3-6-21(17-25)24-30(26,27)23-8-4-14-29-23/h2,4-5,7-12,14-15,21H,3,6,13,16-17H2,1H3,(H-,24,26,27). The van der Waals surface area contributed by atoms with E-state index in [0.717, 1.165) is 49.4 Å². The first-order valence-electron chi connectivity index (χ1n) is 10.0. The van der Waals surface area contributed by atoms with Crippen LogP contribution in [0.4, 0.5) is 0 Å². The van der Waals surface area contributed by atoms with Gasteiger partial charge in [0.15, 0.2) is 10.4 Å². The van der Waals surface area contributed by atoms with Crippen LogP contribution in [0.25, 0.3) is 11.1 Å². The van der Waals surface area contributed by atoms with Crippen molar-refractivity contribution in [2.45, 2.75) is 29.6 Å². The van der Waals surface area contributed by atoms with Gasteiger partial charge in [-0.15, -0.1) is 4.72 Å². The fourth-order valence-corrected chi connectivity index (χ4v) is 6.12. The Labute approximate surface area is 183 Å². The number of likely N-dealkylation sites (tertiary alicyclic amines) is 1. The highest BCUT2D eigenvalue weighted by molar-refractivity contribution is 7.97. The largest absolute Gasteiger partial charge is 0.592 e. The number of nitrogens with zero attached hydrogens (tertiary/aromatic N) is 1. The Hall–Kier alpha value is -2.03. The second-order valence-electron chi connectivity index (χ2n) is 7.56. The van der Waals surface area contributed by atoms with Crippen molar-refractivity contribution in [1.29, 1.82) is 0 Å². The number of sulfonamides is 1. The molecule has 1 N–H and O–H groups in total. The van der Waals surface area contributed by atoms with Crippen LogP contribution < -0.4 is 9.46 Å². The lowest BCUT2D eigenvalue weighted by Crippen LogP contribution is -2.49. The topological polar surface area (TPSA) is 64.6 Å². The summed E-state index contributed by atoms with van der Waals surface area (Å²) in [7, 11) is -1.75. The van der Waals surface area contributed by atoms with Crippen LogP contribution in [0.15, 0.2) is 70.3 Å². The van der Waals surface area contributed by atoms with E-state index in [9.17, 15) is 8.76 Å². The molecule has 2 heterocycles. The van der Waals surface area contributed by atoms with Crippen molar-refractivity contribution < 1.29 is 13.5 Å². The minimum Gasteiger partial charge on any atom is -0.592 e. The van der Waals surface area contributed by atoms with Crippen LogP contribution in [0.1, 0.15) is 18.4 Å². The number of ether oxygens (including phenoxy) is 1. The number of methoxy groups -OCH3 is 1. The molecule has 0 spiro atoms. The van der Waals surface area contributed by atoms with Gasteiger partial charge in [-0.3, -0.25) is 4.90 Å². The lowest BCUT2D eigenvalue weighted by molar-refractivity contribution is 0.193. The molecule has 1 aromatic heterocycles. The van der Waals surface area contributed by atoms with E-state index in [1.165, 1.54) is 16.9 Å². The zero-order valence-corrected chi connectivity index (χ0v) is 18.6. The van der Waals surface area contributed by atoms with Crippen molar-refractivity contribution in [1.82, 2.24) is 9.62 Å². The smallest absolute Gasteiger partial charge is 0.228 e. The average molecular weight is 443 g/mol. The number of piperidine rings is 1. The van der Waals surface area contributed by atoms with Crippen LogP contribution in [-0.4, -0.2) is 35.7 Å². The highest BCUT2D eigenvalue weighted by atomic mass is 32.3. The number of benzene rings is 2. The van der Waals surface area contributed by atoms with Crippen LogP contribution in [0.2, 0.25) is 0 Å². The second kappa shape index (κ2) is 9.41. The Morgan fingerprint density at radius 3 is 2.73 bits per heavy atom. The van der Waals surface area contributed by atoms with Crippen molar-refractivity contribution in [2.75, 3.05) is 20.2 Å². The lowest BCUT2D eigenvalue weighted by Gasteiger charge is -2.33. The minimum atomic E-state index is -3.42. The molecule has 5 nitrogen and oxygen atoms in total. The van der Waals surface area contributed by atoms with E-state index in [2.05, 4.69) is 40.0 Å². The maximum Gasteiger partial charge on any atom is 0.228 e. The van der Waals surface area contributed by atoms with E-state index < -0.39 is 10.4 Å². The van der Waals surface area contributed by atoms with Gasteiger partial charge in [0.2, 0.25) is 4.21 Å². The molecule has 1 aliphatic rings. The van der Waals surface area contributed by atoms with E-state index in [0.29, 0.717) is 4.21 Å². The molecule has 30 heavy (non-hydrogen) atoms. The summed E-state index contributed by atoms with van der Waals surface area (Å²) in [6, 6.07) is 20.0. The van der Waals surface area contributed by atoms with E-state index in [-0.39, 0.29) is 6.04 Å². The third kappa shape index (κ3) is 5.17. The van der Waals surface area contributed by atoms with Crippen molar-refractivity contribution >= 4 is 21.7 Å². The molecule has 0 saturated carbocycles. The first-order valence-corrected chi connectivity index (χ1v) is 12.4. The molecule has 0 radical (unpaired) electrons. The second-order valence-corrected chi connectivity index (χ2v) is 10.4. The lowest BCUT2D eigenvalue weighted by atomic mass is 10.0. The zero-order chi connectivity index (χ0) is 21.0. The van der Waals surface area contributed by atoms with Gasteiger partial charge in [-0.1, -0.05) is 51.9 Å². The summed E-state index contributed by atoms with van der Waals surface area (Å²) in [6.45, 7) is 2.52. The summed E-state index contributed by atoms with van der Waals surface area (Å²) in [5, 5.41) is 1.79. The van der Waals surface area contributed by atoms with Crippen LogP contribution >= 0.6 is 11.3 Å². The minimum absolute atomic E-state index is 0.0538. The summed E-state index contributed by atoms with van der Waals surface area (Å²) >= 11 is 1.25. The van der Waals surface area contributed by atoms with E-state index >= 15 is 0 Å². The maximum atomic E-state index is 12.5. The molecule has 1 fully saturated rings. The Morgan fingerprint density at radius 1 is 1.17 bits per heavy atom. The molecule has 0 bridgehead atoms. The highest BCUT2D eigenvalue weighted by Crippen LogP contribution is 2.25. The van der Waals surface area contributed by atoms with Gasteiger partial charge >= 0.3 is 0 Å². The number of rotatable bonds is 7. The first kappa shape index (κ1) is 21.2. The van der Waals surface area contributed by atoms with Gasteiger partial charge < -0.3 is 9.29 Å². The van der Waals surface area contributed by atoms with Crippen molar-refractivity contribution in [3.8, 4) is 16.9 Å². The van der Waals surface area contributed by atoms with Gasteiger partial charge in [-0.25, -0.2) is 0 Å². The monoisotopic (exact) mass is 442 g/mol. The molecule has 1 aliphatic heterocycles. The fourth-order valence-electron chi connectivity index (χ4n) is 3.85. The van der Waals surface area contributed by atoms with E-state index in [1.807, 2.05) is 18.2 Å². The van der Waals surface area contributed by atoms with Crippen molar-refractivity contribution in [3.63, 3.8) is 0 Å². The molecule has 2 aromatic carbocycles. The molecular weight excluding hydrogens is 416 g/mol. The molecule has 2 atom stereocenters. The summed E-state index contributed by atoms with van der Waals surface area (Å²) < 4.78 is 33.6. The molecule has 4 rings (SSSR count). The van der Waals surface area contributed by atoms with Crippen LogP contribution in [0, 0.1) is 0 Å².